The molecule has 3 fully saturated rings. The van der Waals surface area contributed by atoms with E-state index in [4.69, 9.17) is 0 Å². The Morgan fingerprint density at radius 1 is 1.08 bits per heavy atom. The van der Waals surface area contributed by atoms with Gasteiger partial charge in [-0.15, -0.1) is 0 Å². The van der Waals surface area contributed by atoms with Crippen LogP contribution in [0.1, 0.15) is 25.7 Å². The number of hydrogen-bond donors (Lipinski definition) is 1. The fourth-order valence-electron chi connectivity index (χ4n) is 3.96. The maximum atomic E-state index is 12.7. The van der Waals surface area contributed by atoms with Gasteiger partial charge in [0.2, 0.25) is 5.91 Å². The molecule has 1 amide bonds. The van der Waals surface area contributed by atoms with Crippen molar-refractivity contribution in [2.24, 2.45) is 5.92 Å². The normalized spacial score (nSPS) is 28.1. The molecule has 0 aromatic carbocycles. The Hall–Kier alpha value is -0.690. The zero-order chi connectivity index (χ0) is 16.9. The highest BCUT2D eigenvalue weighted by atomic mass is 16.3. The molecule has 138 valence electrons. The number of carbonyl (C=O) groups excluding carboxylic acids is 1. The van der Waals surface area contributed by atoms with Crippen LogP contribution in [0.2, 0.25) is 0 Å². The first-order valence-corrected chi connectivity index (χ1v) is 9.69. The summed E-state index contributed by atoms with van der Waals surface area (Å²) in [4.78, 5) is 21.9. The lowest BCUT2D eigenvalue weighted by Gasteiger charge is -2.42. The third kappa shape index (κ3) is 5.15. The van der Waals surface area contributed by atoms with Gasteiger partial charge in [0.25, 0.3) is 0 Å². The highest BCUT2D eigenvalue weighted by Crippen LogP contribution is 2.31. The van der Waals surface area contributed by atoms with Crippen LogP contribution in [0.3, 0.4) is 0 Å². The van der Waals surface area contributed by atoms with Crippen LogP contribution in [0, 0.1) is 5.92 Å². The Balaban J connectivity index is 1.49. The molecular weight excluding hydrogens is 304 g/mol. The standard InChI is InChI=1S/C18H34N4O2/c1-19-6-2-7-20(9-8-19)15-18(24)22-11-10-21(13-16-3-4-16)17(14-22)5-12-23/h16-17,23H,2-15H2,1H3/t17-/m1/s1. The van der Waals surface area contributed by atoms with Gasteiger partial charge in [-0.05, 0) is 51.7 Å². The number of aliphatic hydroxyl groups is 1. The highest BCUT2D eigenvalue weighted by Gasteiger charge is 2.33. The van der Waals surface area contributed by atoms with E-state index in [0.717, 1.165) is 71.1 Å². The summed E-state index contributed by atoms with van der Waals surface area (Å²) in [7, 11) is 2.16. The van der Waals surface area contributed by atoms with Crippen LogP contribution in [0.4, 0.5) is 0 Å². The first-order valence-electron chi connectivity index (χ1n) is 9.69. The van der Waals surface area contributed by atoms with Crippen molar-refractivity contribution in [1.82, 2.24) is 19.6 Å². The van der Waals surface area contributed by atoms with E-state index in [2.05, 4.69) is 21.7 Å². The van der Waals surface area contributed by atoms with Crippen molar-refractivity contribution in [1.29, 1.82) is 0 Å². The Labute approximate surface area is 146 Å². The maximum Gasteiger partial charge on any atom is 0.236 e. The van der Waals surface area contributed by atoms with E-state index in [1.807, 2.05) is 4.90 Å². The van der Waals surface area contributed by atoms with Crippen molar-refractivity contribution < 1.29 is 9.90 Å². The fraction of sp³-hybridized carbons (Fsp3) is 0.944. The van der Waals surface area contributed by atoms with Gasteiger partial charge in [-0.2, -0.15) is 0 Å². The molecule has 0 aromatic rings. The van der Waals surface area contributed by atoms with Gasteiger partial charge in [0.1, 0.15) is 0 Å². The van der Waals surface area contributed by atoms with Crippen LogP contribution in [-0.4, -0.2) is 109 Å². The van der Waals surface area contributed by atoms with Gasteiger partial charge in [-0.3, -0.25) is 14.6 Å². The summed E-state index contributed by atoms with van der Waals surface area (Å²) in [5.41, 5.74) is 0. The zero-order valence-electron chi connectivity index (χ0n) is 15.2. The van der Waals surface area contributed by atoms with Crippen LogP contribution in [0.5, 0.6) is 0 Å². The average Bonchev–Trinajstić information content (AvgIpc) is 3.39. The molecule has 1 saturated carbocycles. The van der Waals surface area contributed by atoms with Crippen LogP contribution < -0.4 is 0 Å². The smallest absolute Gasteiger partial charge is 0.236 e. The number of aliphatic hydroxyl groups excluding tert-OH is 1. The third-order valence-electron chi connectivity index (χ3n) is 5.78. The van der Waals surface area contributed by atoms with Gasteiger partial charge in [-0.25, -0.2) is 0 Å². The van der Waals surface area contributed by atoms with Crippen molar-refractivity contribution in [2.75, 3.05) is 72.6 Å². The number of amides is 1. The van der Waals surface area contributed by atoms with Crippen molar-refractivity contribution in [3.8, 4) is 0 Å². The van der Waals surface area contributed by atoms with E-state index >= 15 is 0 Å². The molecule has 6 heteroatoms. The molecule has 0 radical (unpaired) electrons. The van der Waals surface area contributed by atoms with E-state index < -0.39 is 0 Å². The van der Waals surface area contributed by atoms with Gasteiger partial charge in [0.05, 0.1) is 6.54 Å². The average molecular weight is 338 g/mol. The Bertz CT molecular complexity index is 416. The summed E-state index contributed by atoms with van der Waals surface area (Å²) in [6.45, 7) is 8.73. The molecule has 3 aliphatic rings. The van der Waals surface area contributed by atoms with E-state index in [0.29, 0.717) is 12.6 Å². The number of hydrogen-bond acceptors (Lipinski definition) is 5. The van der Waals surface area contributed by atoms with E-state index in [-0.39, 0.29) is 12.5 Å². The maximum absolute atomic E-state index is 12.7. The summed E-state index contributed by atoms with van der Waals surface area (Å²) >= 11 is 0. The molecule has 1 atom stereocenters. The second-order valence-electron chi connectivity index (χ2n) is 7.88. The molecule has 0 aromatic heterocycles. The number of rotatable bonds is 6. The molecule has 0 unspecified atom stereocenters. The lowest BCUT2D eigenvalue weighted by molar-refractivity contribution is -0.135. The zero-order valence-corrected chi connectivity index (χ0v) is 15.2. The van der Waals surface area contributed by atoms with Gasteiger partial charge >= 0.3 is 0 Å². The first-order chi connectivity index (χ1) is 11.7. The molecule has 6 nitrogen and oxygen atoms in total. The summed E-state index contributed by atoms with van der Waals surface area (Å²) in [6, 6.07) is 0.337. The third-order valence-corrected chi connectivity index (χ3v) is 5.78. The number of piperazine rings is 1. The van der Waals surface area contributed by atoms with E-state index in [9.17, 15) is 9.90 Å². The summed E-state index contributed by atoms with van der Waals surface area (Å²) in [5.74, 6) is 1.14. The summed E-state index contributed by atoms with van der Waals surface area (Å²) < 4.78 is 0. The van der Waals surface area contributed by atoms with Crippen molar-refractivity contribution in [3.05, 3.63) is 0 Å². The second-order valence-corrected chi connectivity index (χ2v) is 7.88. The monoisotopic (exact) mass is 338 g/mol. The molecule has 2 aliphatic heterocycles. The minimum atomic E-state index is 0.215. The van der Waals surface area contributed by atoms with E-state index in [1.54, 1.807) is 0 Å². The Kier molecular flexibility index (Phi) is 6.49. The lowest BCUT2D eigenvalue weighted by Crippen LogP contribution is -2.56. The molecular formula is C18H34N4O2. The predicted molar refractivity (Wildman–Crippen MR) is 94.9 cm³/mol. The quantitative estimate of drug-likeness (QED) is 0.735. The van der Waals surface area contributed by atoms with Crippen LogP contribution in [0.15, 0.2) is 0 Å². The first kappa shape index (κ1) is 18.1. The van der Waals surface area contributed by atoms with Gasteiger partial charge < -0.3 is 14.9 Å². The molecule has 2 heterocycles. The number of carbonyl (C=O) groups is 1. The minimum absolute atomic E-state index is 0.215. The summed E-state index contributed by atoms with van der Waals surface area (Å²) in [6.07, 6.45) is 4.64. The van der Waals surface area contributed by atoms with Crippen LogP contribution >= 0.6 is 0 Å². The van der Waals surface area contributed by atoms with Gasteiger partial charge in [-0.1, -0.05) is 0 Å². The fourth-order valence-corrected chi connectivity index (χ4v) is 3.96. The predicted octanol–water partition coefficient (Wildman–Crippen LogP) is -0.0709. The lowest BCUT2D eigenvalue weighted by atomic mass is 10.1. The largest absolute Gasteiger partial charge is 0.396 e. The van der Waals surface area contributed by atoms with Crippen molar-refractivity contribution >= 4 is 5.91 Å². The topological polar surface area (TPSA) is 50.3 Å². The molecule has 2 saturated heterocycles. The van der Waals surface area contributed by atoms with Gasteiger partial charge in [0.15, 0.2) is 0 Å². The van der Waals surface area contributed by atoms with Crippen molar-refractivity contribution in [3.63, 3.8) is 0 Å². The highest BCUT2D eigenvalue weighted by molar-refractivity contribution is 5.78. The molecule has 3 rings (SSSR count). The van der Waals surface area contributed by atoms with Crippen LogP contribution in [-0.2, 0) is 4.79 Å². The Morgan fingerprint density at radius 2 is 1.92 bits per heavy atom. The number of nitrogens with zero attached hydrogens (tertiary/aromatic N) is 4. The number of likely N-dealkylation sites (N-methyl/N-ethyl adjacent to an activating group) is 1. The van der Waals surface area contributed by atoms with Crippen LogP contribution in [0.25, 0.3) is 0 Å². The Morgan fingerprint density at radius 3 is 2.67 bits per heavy atom. The molecule has 24 heavy (non-hydrogen) atoms. The van der Waals surface area contributed by atoms with Crippen molar-refractivity contribution in [2.45, 2.75) is 31.7 Å². The van der Waals surface area contributed by atoms with E-state index in [1.165, 1.54) is 12.8 Å². The second kappa shape index (κ2) is 8.61. The SMILES string of the molecule is CN1CCCN(CC(=O)N2CCN(CC3CC3)[C@H](CCO)C2)CC1. The molecule has 0 bridgehead atoms. The summed E-state index contributed by atoms with van der Waals surface area (Å²) in [5, 5.41) is 9.39. The molecule has 1 N–H and O–H groups in total. The molecule has 0 spiro atoms. The minimum Gasteiger partial charge on any atom is -0.396 e. The molecule has 1 aliphatic carbocycles. The van der Waals surface area contributed by atoms with Gasteiger partial charge in [0, 0.05) is 51.9 Å².